The third kappa shape index (κ3) is 7.91. The summed E-state index contributed by atoms with van der Waals surface area (Å²) < 4.78 is 5.62. The number of phenols is 1. The third-order valence-corrected chi connectivity index (χ3v) is 4.40. The molecule has 0 saturated carbocycles. The van der Waals surface area contributed by atoms with E-state index in [-0.39, 0.29) is 5.75 Å². The van der Waals surface area contributed by atoms with Gasteiger partial charge in [-0.15, -0.1) is 0 Å². The van der Waals surface area contributed by atoms with Crippen LogP contribution in [0.25, 0.3) is 10.9 Å². The van der Waals surface area contributed by atoms with Crippen molar-refractivity contribution in [1.82, 2.24) is 4.98 Å². The Kier molecular flexibility index (Phi) is 9.72. The Morgan fingerprint density at radius 3 is 2.39 bits per heavy atom. The molecular formula is C26H29N3O2. The highest BCUT2D eigenvalue weighted by Gasteiger charge is 2.00. The number of aryl methyl sites for hydroxylation is 1. The largest absolute Gasteiger partial charge is 0.508 e. The number of pyridine rings is 1. The number of fused-ring (bicyclic) bond motifs is 1. The summed E-state index contributed by atoms with van der Waals surface area (Å²) in [5.74, 6) is 0.948. The standard InChI is InChI=1S/C16H13NO2.C9H13N.CH3N/c18-14-7-9-15(10-8-14)19-11-13-6-5-12-3-1-2-4-16(12)17-13;1-8-3-2-4-9(7-8)5-6-10;1-2/h1-10,18H,11H2;2-4,7H,5-6,10H2,1H3;2H,1H2. The Bertz CT molecular complexity index is 1070. The molecule has 0 unspecified atom stereocenters. The van der Waals surface area contributed by atoms with Crippen molar-refractivity contribution in [1.29, 1.82) is 5.41 Å². The number of aromatic hydroxyl groups is 1. The molecule has 3 aromatic carbocycles. The van der Waals surface area contributed by atoms with Crippen molar-refractivity contribution in [2.24, 2.45) is 5.73 Å². The summed E-state index contributed by atoms with van der Waals surface area (Å²) in [6, 6.07) is 27.1. The molecule has 0 atom stereocenters. The molecule has 1 heterocycles. The van der Waals surface area contributed by atoms with Gasteiger partial charge < -0.3 is 21.0 Å². The predicted octanol–water partition coefficient (Wildman–Crippen LogP) is 5.28. The Morgan fingerprint density at radius 1 is 0.935 bits per heavy atom. The summed E-state index contributed by atoms with van der Waals surface area (Å²) in [4.78, 5) is 4.53. The number of para-hydroxylation sites is 1. The van der Waals surface area contributed by atoms with Crippen molar-refractivity contribution < 1.29 is 9.84 Å². The van der Waals surface area contributed by atoms with E-state index in [9.17, 15) is 5.11 Å². The summed E-state index contributed by atoms with van der Waals surface area (Å²) in [6.45, 7) is 5.75. The number of hydrogen-bond acceptors (Lipinski definition) is 5. The number of hydrogen-bond donors (Lipinski definition) is 3. The second-order valence-electron chi connectivity index (χ2n) is 6.81. The molecule has 0 aliphatic carbocycles. The van der Waals surface area contributed by atoms with E-state index in [2.05, 4.69) is 42.9 Å². The highest BCUT2D eigenvalue weighted by molar-refractivity contribution is 5.78. The fourth-order valence-corrected chi connectivity index (χ4v) is 2.92. The first-order valence-electron chi connectivity index (χ1n) is 10.0. The zero-order valence-electron chi connectivity index (χ0n) is 17.8. The number of aromatic nitrogens is 1. The maximum Gasteiger partial charge on any atom is 0.130 e. The number of benzene rings is 3. The van der Waals surface area contributed by atoms with Crippen molar-refractivity contribution in [3.63, 3.8) is 0 Å². The number of rotatable bonds is 5. The molecule has 0 aliphatic heterocycles. The van der Waals surface area contributed by atoms with Crippen LogP contribution in [0, 0.1) is 12.3 Å². The molecule has 160 valence electrons. The Balaban J connectivity index is 0.000000241. The molecule has 1 aromatic heterocycles. The average molecular weight is 416 g/mol. The van der Waals surface area contributed by atoms with E-state index in [1.165, 1.54) is 11.1 Å². The molecular weight excluding hydrogens is 386 g/mol. The van der Waals surface area contributed by atoms with Crippen LogP contribution >= 0.6 is 0 Å². The predicted molar refractivity (Wildman–Crippen MR) is 128 cm³/mol. The molecule has 5 heteroatoms. The molecule has 5 nitrogen and oxygen atoms in total. The zero-order valence-corrected chi connectivity index (χ0v) is 17.8. The van der Waals surface area contributed by atoms with Gasteiger partial charge >= 0.3 is 0 Å². The van der Waals surface area contributed by atoms with Crippen LogP contribution in [-0.4, -0.2) is 23.4 Å². The van der Waals surface area contributed by atoms with E-state index in [0.29, 0.717) is 12.4 Å². The van der Waals surface area contributed by atoms with Gasteiger partial charge in [-0.3, -0.25) is 0 Å². The van der Waals surface area contributed by atoms with Crippen molar-refractivity contribution in [3.8, 4) is 11.5 Å². The van der Waals surface area contributed by atoms with E-state index >= 15 is 0 Å². The lowest BCUT2D eigenvalue weighted by Gasteiger charge is -2.06. The molecule has 4 aromatic rings. The summed E-state index contributed by atoms with van der Waals surface area (Å²) in [5, 5.41) is 15.8. The lowest BCUT2D eigenvalue weighted by atomic mass is 10.1. The van der Waals surface area contributed by atoms with Crippen LogP contribution in [0.15, 0.2) is 84.9 Å². The minimum Gasteiger partial charge on any atom is -0.508 e. The summed E-state index contributed by atoms with van der Waals surface area (Å²) in [7, 11) is 0. The molecule has 4 N–H and O–H groups in total. The molecule has 0 amide bonds. The summed E-state index contributed by atoms with van der Waals surface area (Å²) in [5.41, 5.74) is 9.91. The van der Waals surface area contributed by atoms with Gasteiger partial charge in [0.05, 0.1) is 11.2 Å². The molecule has 0 aliphatic rings. The number of nitrogens with two attached hydrogens (primary N) is 1. The molecule has 0 bridgehead atoms. The molecule has 0 radical (unpaired) electrons. The van der Waals surface area contributed by atoms with Crippen LogP contribution in [0.4, 0.5) is 0 Å². The van der Waals surface area contributed by atoms with E-state index in [4.69, 9.17) is 15.9 Å². The van der Waals surface area contributed by atoms with Crippen molar-refractivity contribution in [2.75, 3.05) is 6.54 Å². The van der Waals surface area contributed by atoms with Gasteiger partial charge in [-0.2, -0.15) is 0 Å². The van der Waals surface area contributed by atoms with Crippen LogP contribution in [-0.2, 0) is 13.0 Å². The minimum atomic E-state index is 0.233. The van der Waals surface area contributed by atoms with Gasteiger partial charge in [0.25, 0.3) is 0 Å². The summed E-state index contributed by atoms with van der Waals surface area (Å²) >= 11 is 0. The van der Waals surface area contributed by atoms with Gasteiger partial charge in [0, 0.05) is 5.39 Å². The second-order valence-corrected chi connectivity index (χ2v) is 6.81. The van der Waals surface area contributed by atoms with Crippen LogP contribution in [0.2, 0.25) is 0 Å². The molecule has 4 rings (SSSR count). The van der Waals surface area contributed by atoms with Crippen LogP contribution in [0.3, 0.4) is 0 Å². The average Bonchev–Trinajstić information content (AvgIpc) is 2.81. The van der Waals surface area contributed by atoms with Gasteiger partial charge in [0.15, 0.2) is 0 Å². The fraction of sp³-hybridized carbons (Fsp3) is 0.154. The first-order valence-corrected chi connectivity index (χ1v) is 10.0. The van der Waals surface area contributed by atoms with Gasteiger partial charge in [-0.1, -0.05) is 54.1 Å². The van der Waals surface area contributed by atoms with Crippen molar-refractivity contribution >= 4 is 17.6 Å². The first kappa shape index (κ1) is 23.6. The lowest BCUT2D eigenvalue weighted by Crippen LogP contribution is -2.02. The lowest BCUT2D eigenvalue weighted by molar-refractivity contribution is 0.301. The molecule has 0 spiro atoms. The number of nitrogens with one attached hydrogen (secondary N) is 1. The van der Waals surface area contributed by atoms with Crippen molar-refractivity contribution in [3.05, 3.63) is 102 Å². The van der Waals surface area contributed by atoms with E-state index in [1.54, 1.807) is 24.3 Å². The quantitative estimate of drug-likeness (QED) is 0.387. The summed E-state index contributed by atoms with van der Waals surface area (Å²) in [6.07, 6.45) is 0.988. The van der Waals surface area contributed by atoms with Crippen LogP contribution in [0.5, 0.6) is 11.5 Å². The minimum absolute atomic E-state index is 0.233. The van der Waals surface area contributed by atoms with E-state index in [0.717, 1.165) is 29.6 Å². The SMILES string of the molecule is C=N.Cc1cccc(CCN)c1.Oc1ccc(OCc2ccc3ccccc3n2)cc1. The first-order chi connectivity index (χ1) is 15.1. The monoisotopic (exact) mass is 415 g/mol. The van der Waals surface area contributed by atoms with Gasteiger partial charge in [0.2, 0.25) is 0 Å². The zero-order chi connectivity index (χ0) is 22.5. The number of ether oxygens (including phenoxy) is 1. The topological polar surface area (TPSA) is 92.2 Å². The fourth-order valence-electron chi connectivity index (χ4n) is 2.92. The Morgan fingerprint density at radius 2 is 1.68 bits per heavy atom. The Hall–Kier alpha value is -3.70. The third-order valence-electron chi connectivity index (χ3n) is 4.40. The molecule has 31 heavy (non-hydrogen) atoms. The normalized spacial score (nSPS) is 9.74. The molecule has 0 fully saturated rings. The maximum absolute atomic E-state index is 9.19. The highest BCUT2D eigenvalue weighted by Crippen LogP contribution is 2.18. The van der Waals surface area contributed by atoms with Gasteiger partial charge in [-0.25, -0.2) is 4.98 Å². The van der Waals surface area contributed by atoms with Gasteiger partial charge in [0.1, 0.15) is 18.1 Å². The number of nitrogens with zero attached hydrogens (tertiary/aromatic N) is 1. The van der Waals surface area contributed by atoms with Crippen molar-refractivity contribution in [2.45, 2.75) is 20.0 Å². The second kappa shape index (κ2) is 12.8. The molecule has 0 saturated heterocycles. The Labute approximate surface area is 183 Å². The van der Waals surface area contributed by atoms with E-state index in [1.807, 2.05) is 36.4 Å². The number of phenolic OH excluding ortho intramolecular Hbond substituents is 1. The highest BCUT2D eigenvalue weighted by atomic mass is 16.5. The maximum atomic E-state index is 9.19. The van der Waals surface area contributed by atoms with Crippen LogP contribution in [0.1, 0.15) is 16.8 Å². The van der Waals surface area contributed by atoms with Crippen LogP contribution < -0.4 is 10.5 Å². The van der Waals surface area contributed by atoms with E-state index < -0.39 is 0 Å². The van der Waals surface area contributed by atoms with Gasteiger partial charge in [-0.05, 0) is 68.6 Å². The smallest absolute Gasteiger partial charge is 0.130 e.